The summed E-state index contributed by atoms with van der Waals surface area (Å²) in [4.78, 5) is 9.68. The van der Waals surface area contributed by atoms with E-state index in [-0.39, 0.29) is 15.1 Å². The first-order valence-electron chi connectivity index (χ1n) is 15.0. The van der Waals surface area contributed by atoms with Crippen LogP contribution in [0.15, 0.2) is 133 Å². The Balaban J connectivity index is 0.00000151. The number of methoxy groups -OCH3 is 4. The van der Waals surface area contributed by atoms with Crippen LogP contribution >= 0.6 is 35.2 Å². The van der Waals surface area contributed by atoms with Crippen molar-refractivity contribution < 1.29 is 34.1 Å². The first-order valence-corrected chi connectivity index (χ1v) is 22.2. The maximum absolute atomic E-state index is 6.12. The third kappa shape index (κ3) is 8.61. The Morgan fingerprint density at radius 1 is 0.449 bits per heavy atom. The number of hydrogen-bond acceptors (Lipinski definition) is 6. The summed E-state index contributed by atoms with van der Waals surface area (Å²) >= 11 is -0.346. The van der Waals surface area contributed by atoms with Crippen LogP contribution < -0.4 is 50.8 Å². The molecular weight excluding hydrogens is 782 g/mol. The number of pyridine rings is 2. The molecule has 2 aromatic heterocycles. The summed E-state index contributed by atoms with van der Waals surface area (Å²) in [6.45, 7) is 0. The Kier molecular flexibility index (Phi) is 13.8. The van der Waals surface area contributed by atoms with Gasteiger partial charge in [0.15, 0.2) is 0 Å². The van der Waals surface area contributed by atoms with Gasteiger partial charge in [-0.2, -0.15) is 9.97 Å². The minimum absolute atomic E-state index is 0.346. The van der Waals surface area contributed by atoms with Crippen LogP contribution in [0.3, 0.4) is 0 Å². The summed E-state index contributed by atoms with van der Waals surface area (Å²) in [6.07, 6.45) is 0. The molecule has 0 amide bonds. The fourth-order valence-electron chi connectivity index (χ4n) is 5.46. The van der Waals surface area contributed by atoms with Gasteiger partial charge in [0.1, 0.15) is 0 Å². The number of nitrogens with zero attached hydrogens (tertiary/aromatic N) is 2. The van der Waals surface area contributed by atoms with Gasteiger partial charge in [-0.3, -0.25) is 0 Å². The number of benzene rings is 4. The number of ether oxygens (including phenoxy) is 4. The van der Waals surface area contributed by atoms with Crippen molar-refractivity contribution in [2.24, 2.45) is 0 Å². The van der Waals surface area contributed by atoms with E-state index < -0.39 is 15.8 Å². The Morgan fingerprint density at radius 3 is 0.939 bits per heavy atom. The molecule has 11 heteroatoms. The molecule has 0 spiro atoms. The predicted molar refractivity (Wildman–Crippen MR) is 203 cm³/mol. The molecule has 49 heavy (non-hydrogen) atoms. The number of aromatic nitrogens is 2. The summed E-state index contributed by atoms with van der Waals surface area (Å²) in [7, 11) is 14.0. The van der Waals surface area contributed by atoms with Crippen LogP contribution in [0.4, 0.5) is 0 Å². The number of hydrogen-bond donors (Lipinski definition) is 0. The van der Waals surface area contributed by atoms with Gasteiger partial charge in [-0.1, -0.05) is 121 Å². The zero-order valence-corrected chi connectivity index (χ0v) is 32.3. The second-order valence-electron chi connectivity index (χ2n) is 10.2. The van der Waals surface area contributed by atoms with Crippen molar-refractivity contribution in [1.82, 2.24) is 9.97 Å². The molecule has 0 fully saturated rings. The average molecular weight is 817 g/mol. The molecule has 0 aliphatic carbocycles. The molecule has 4 aromatic carbocycles. The fourth-order valence-corrected chi connectivity index (χ4v) is 10.4. The van der Waals surface area contributed by atoms with Crippen molar-refractivity contribution in [2.75, 3.05) is 28.4 Å². The van der Waals surface area contributed by atoms with Crippen LogP contribution in [0.25, 0.3) is 11.1 Å². The van der Waals surface area contributed by atoms with E-state index in [1.54, 1.807) is 28.4 Å². The minimum atomic E-state index is -1.11. The fraction of sp³-hybridized carbons (Fsp3) is 0.105. The summed E-state index contributed by atoms with van der Waals surface area (Å²) < 4.78 is 23.8. The normalized spacial score (nSPS) is 10.8. The van der Waals surface area contributed by atoms with Crippen LogP contribution in [-0.4, -0.2) is 38.4 Å². The van der Waals surface area contributed by atoms with Crippen molar-refractivity contribution in [3.05, 3.63) is 133 Å². The van der Waals surface area contributed by atoms with E-state index in [2.05, 4.69) is 97.1 Å². The predicted octanol–water partition coefficient (Wildman–Crippen LogP) is 7.07. The standard InChI is InChI=1S/C38H34N2O4P2.2ClH.Ru/c1-41-33-25-31(45(27-17-9-5-10-18-27)28-19-11-6-12-20-28)35(37(39-33)43-3)36-32(26-34(42-2)40-38(36)44-4)46(29-21-13-7-14-22-29)30-23-15-8-16-24-30;;;/h5-26H,1-4H3;2*1H;/q;;;+2/p-2. The van der Waals surface area contributed by atoms with Gasteiger partial charge >= 0.3 is 34.5 Å². The molecule has 6 nitrogen and oxygen atoms in total. The van der Waals surface area contributed by atoms with Crippen LogP contribution in [0.1, 0.15) is 0 Å². The molecule has 2 heterocycles. The molecule has 0 bridgehead atoms. The van der Waals surface area contributed by atoms with Gasteiger partial charge < -0.3 is 18.9 Å². The zero-order chi connectivity index (χ0) is 34.6. The quantitative estimate of drug-likeness (QED) is 0.103. The van der Waals surface area contributed by atoms with Gasteiger partial charge in [-0.25, -0.2) is 0 Å². The second-order valence-corrected chi connectivity index (χ2v) is 17.2. The van der Waals surface area contributed by atoms with Gasteiger partial charge in [0.05, 0.1) is 39.6 Å². The summed E-state index contributed by atoms with van der Waals surface area (Å²) in [6, 6.07) is 46.2. The third-order valence-electron chi connectivity index (χ3n) is 7.48. The Hall–Kier alpha value is -3.56. The average Bonchev–Trinajstić information content (AvgIpc) is 3.16. The van der Waals surface area contributed by atoms with Gasteiger partial charge in [0.2, 0.25) is 23.5 Å². The van der Waals surface area contributed by atoms with E-state index in [0.29, 0.717) is 23.5 Å². The van der Waals surface area contributed by atoms with Crippen LogP contribution in [0, 0.1) is 0 Å². The Bertz CT molecular complexity index is 1710. The van der Waals surface area contributed by atoms with Crippen LogP contribution in [0.5, 0.6) is 23.5 Å². The van der Waals surface area contributed by atoms with Crippen molar-refractivity contribution in [1.29, 1.82) is 0 Å². The van der Waals surface area contributed by atoms with Crippen LogP contribution in [0.2, 0.25) is 0 Å². The van der Waals surface area contributed by atoms with Gasteiger partial charge in [0, 0.05) is 22.7 Å². The van der Waals surface area contributed by atoms with E-state index in [1.807, 2.05) is 36.4 Å². The Labute approximate surface area is 305 Å². The third-order valence-corrected chi connectivity index (χ3v) is 12.4. The van der Waals surface area contributed by atoms with Crippen molar-refractivity contribution in [3.63, 3.8) is 0 Å². The van der Waals surface area contributed by atoms with Crippen LogP contribution in [-0.2, 0) is 15.1 Å². The molecular formula is C38H34Cl2N2O4P2Ru. The second kappa shape index (κ2) is 18.4. The molecule has 0 saturated carbocycles. The molecule has 0 N–H and O–H groups in total. The molecule has 6 aromatic rings. The van der Waals surface area contributed by atoms with Gasteiger partial charge in [-0.05, 0) is 37.1 Å². The van der Waals surface area contributed by atoms with E-state index in [1.165, 1.54) is 21.2 Å². The van der Waals surface area contributed by atoms with E-state index in [0.717, 1.165) is 21.7 Å². The molecule has 0 aliphatic rings. The molecule has 0 unspecified atom stereocenters. The van der Waals surface area contributed by atoms with Crippen molar-refractivity contribution in [3.8, 4) is 34.6 Å². The van der Waals surface area contributed by atoms with Crippen molar-refractivity contribution >= 4 is 67.1 Å². The molecule has 0 atom stereocenters. The van der Waals surface area contributed by atoms with E-state index in [4.69, 9.17) is 48.3 Å². The molecule has 0 radical (unpaired) electrons. The number of rotatable bonds is 11. The monoisotopic (exact) mass is 816 g/mol. The summed E-state index contributed by atoms with van der Waals surface area (Å²) in [5.74, 6) is 1.78. The molecule has 6 rings (SSSR count). The molecule has 0 aliphatic heterocycles. The first-order chi connectivity index (χ1) is 24.1. The summed E-state index contributed by atoms with van der Waals surface area (Å²) in [5, 5.41) is 6.73. The molecule has 0 saturated heterocycles. The molecule has 252 valence electrons. The number of halogens is 2. The summed E-state index contributed by atoms with van der Waals surface area (Å²) in [5.41, 5.74) is 1.62. The van der Waals surface area contributed by atoms with Gasteiger partial charge in [-0.15, -0.1) is 0 Å². The maximum atomic E-state index is 6.12. The van der Waals surface area contributed by atoms with Crippen molar-refractivity contribution in [2.45, 2.75) is 0 Å². The first kappa shape index (κ1) is 36.7. The topological polar surface area (TPSA) is 62.7 Å². The van der Waals surface area contributed by atoms with E-state index >= 15 is 0 Å². The van der Waals surface area contributed by atoms with E-state index in [9.17, 15) is 0 Å². The Morgan fingerprint density at radius 2 is 0.714 bits per heavy atom. The zero-order valence-electron chi connectivity index (χ0n) is 27.2. The van der Waals surface area contributed by atoms with Gasteiger partial charge in [0.25, 0.3) is 0 Å². The SMILES string of the molecule is COc1cc(P(c2ccccc2)c2ccccc2)c(-c2c(P(c3ccccc3)c3ccccc3)cc(OC)nc2OC)c(OC)n1.[Cl][Ru][Cl].